The molecule has 98 valence electrons. The maximum atomic E-state index is 10.7. The van der Waals surface area contributed by atoms with Gasteiger partial charge in [0.15, 0.2) is 0 Å². The molecule has 1 N–H and O–H groups in total. The number of aliphatic hydroxyl groups is 1. The van der Waals surface area contributed by atoms with Crippen molar-refractivity contribution in [3.8, 4) is 0 Å². The molecule has 0 amide bonds. The van der Waals surface area contributed by atoms with Gasteiger partial charge in [-0.25, -0.2) is 0 Å². The van der Waals surface area contributed by atoms with Crippen molar-refractivity contribution in [2.75, 3.05) is 0 Å². The van der Waals surface area contributed by atoms with E-state index in [1.807, 2.05) is 12.1 Å². The summed E-state index contributed by atoms with van der Waals surface area (Å²) in [4.78, 5) is 0. The number of rotatable bonds is 1. The fourth-order valence-electron chi connectivity index (χ4n) is 3.29. The molecule has 1 aliphatic rings. The predicted octanol–water partition coefficient (Wildman–Crippen LogP) is 4.09. The molecule has 0 saturated carbocycles. The maximum Gasteiger partial charge on any atom is 0.0849 e. The summed E-state index contributed by atoms with van der Waals surface area (Å²) in [6.45, 7) is 4.34. The minimum Gasteiger partial charge on any atom is -0.388 e. The van der Waals surface area contributed by atoms with Gasteiger partial charge in [-0.15, -0.1) is 0 Å². The molecule has 2 atom stereocenters. The van der Waals surface area contributed by atoms with Crippen LogP contribution < -0.4 is 0 Å². The van der Waals surface area contributed by atoms with Gasteiger partial charge >= 0.3 is 0 Å². The third-order valence-corrected chi connectivity index (χ3v) is 4.58. The lowest BCUT2D eigenvalue weighted by atomic mass is 9.62. The lowest BCUT2D eigenvalue weighted by Gasteiger charge is -2.44. The summed E-state index contributed by atoms with van der Waals surface area (Å²) in [7, 11) is 0. The van der Waals surface area contributed by atoms with Gasteiger partial charge in [0.2, 0.25) is 0 Å². The van der Waals surface area contributed by atoms with Crippen LogP contribution in [0.5, 0.6) is 0 Å². The standard InChI is InChI=1S/C18H20O/c1-18(2)16(13-8-4-3-5-9-13)12-14-10-6-7-11-15(14)17(18)19/h3-11,16-17,19H,12H2,1-2H3/t16-,17+/m1/s1. The van der Waals surface area contributed by atoms with Crippen molar-refractivity contribution < 1.29 is 5.11 Å². The Morgan fingerprint density at radius 1 is 0.947 bits per heavy atom. The molecular weight excluding hydrogens is 232 g/mol. The molecule has 1 aliphatic carbocycles. The average molecular weight is 252 g/mol. The topological polar surface area (TPSA) is 20.2 Å². The first-order chi connectivity index (χ1) is 9.10. The van der Waals surface area contributed by atoms with Crippen LogP contribution in [-0.2, 0) is 6.42 Å². The summed E-state index contributed by atoms with van der Waals surface area (Å²) < 4.78 is 0. The highest BCUT2D eigenvalue weighted by atomic mass is 16.3. The van der Waals surface area contributed by atoms with Gasteiger partial charge < -0.3 is 5.11 Å². The number of hydrogen-bond donors (Lipinski definition) is 1. The Labute approximate surface area is 114 Å². The van der Waals surface area contributed by atoms with Crippen molar-refractivity contribution in [2.45, 2.75) is 32.3 Å². The minimum atomic E-state index is -0.400. The van der Waals surface area contributed by atoms with Crippen molar-refractivity contribution in [2.24, 2.45) is 5.41 Å². The number of aliphatic hydroxyl groups excluding tert-OH is 1. The van der Waals surface area contributed by atoms with Crippen molar-refractivity contribution in [3.05, 3.63) is 71.3 Å². The van der Waals surface area contributed by atoms with E-state index in [1.165, 1.54) is 11.1 Å². The van der Waals surface area contributed by atoms with Crippen LogP contribution in [0.25, 0.3) is 0 Å². The lowest BCUT2D eigenvalue weighted by Crippen LogP contribution is -2.35. The van der Waals surface area contributed by atoms with Crippen molar-refractivity contribution >= 4 is 0 Å². The van der Waals surface area contributed by atoms with Gasteiger partial charge in [-0.1, -0.05) is 68.4 Å². The van der Waals surface area contributed by atoms with E-state index in [2.05, 4.69) is 56.3 Å². The van der Waals surface area contributed by atoms with Crippen LogP contribution in [0, 0.1) is 5.41 Å². The molecule has 0 saturated heterocycles. The Bertz CT molecular complexity index is 571. The minimum absolute atomic E-state index is 0.143. The number of benzene rings is 2. The van der Waals surface area contributed by atoms with E-state index in [4.69, 9.17) is 0 Å². The Morgan fingerprint density at radius 3 is 2.32 bits per heavy atom. The zero-order valence-electron chi connectivity index (χ0n) is 11.5. The van der Waals surface area contributed by atoms with E-state index in [9.17, 15) is 5.11 Å². The van der Waals surface area contributed by atoms with E-state index >= 15 is 0 Å². The summed E-state index contributed by atoms with van der Waals surface area (Å²) in [5.41, 5.74) is 3.55. The first-order valence-electron chi connectivity index (χ1n) is 6.91. The van der Waals surface area contributed by atoms with Crippen molar-refractivity contribution in [1.82, 2.24) is 0 Å². The SMILES string of the molecule is CC1(C)[C@@H](c2ccccc2)Cc2ccccc2[C@@H]1O. The van der Waals surface area contributed by atoms with Gasteiger partial charge in [0.05, 0.1) is 6.10 Å². The second-order valence-electron chi connectivity index (χ2n) is 6.09. The molecule has 0 unspecified atom stereocenters. The second kappa shape index (κ2) is 4.50. The van der Waals surface area contributed by atoms with Crippen LogP contribution in [-0.4, -0.2) is 5.11 Å². The summed E-state index contributed by atoms with van der Waals surface area (Å²) in [5.74, 6) is 0.360. The maximum absolute atomic E-state index is 10.7. The van der Waals surface area contributed by atoms with Gasteiger partial charge in [-0.05, 0) is 29.0 Å². The highest BCUT2D eigenvalue weighted by Gasteiger charge is 2.42. The van der Waals surface area contributed by atoms with Crippen LogP contribution >= 0.6 is 0 Å². The molecule has 3 rings (SSSR count). The Kier molecular flexibility index (Phi) is 2.94. The fraction of sp³-hybridized carbons (Fsp3) is 0.333. The van der Waals surface area contributed by atoms with E-state index in [0.29, 0.717) is 5.92 Å². The first-order valence-corrected chi connectivity index (χ1v) is 6.91. The second-order valence-corrected chi connectivity index (χ2v) is 6.09. The molecule has 0 aliphatic heterocycles. The van der Waals surface area contributed by atoms with E-state index in [-0.39, 0.29) is 5.41 Å². The normalized spacial score (nSPS) is 24.8. The molecule has 19 heavy (non-hydrogen) atoms. The summed E-state index contributed by atoms with van der Waals surface area (Å²) in [5, 5.41) is 10.7. The highest BCUT2D eigenvalue weighted by molar-refractivity contribution is 5.38. The van der Waals surface area contributed by atoms with Crippen LogP contribution in [0.15, 0.2) is 54.6 Å². The van der Waals surface area contributed by atoms with E-state index in [1.54, 1.807) is 0 Å². The van der Waals surface area contributed by atoms with Crippen LogP contribution in [0.2, 0.25) is 0 Å². The molecule has 1 heteroatoms. The number of hydrogen-bond acceptors (Lipinski definition) is 1. The fourth-order valence-corrected chi connectivity index (χ4v) is 3.29. The smallest absolute Gasteiger partial charge is 0.0849 e. The van der Waals surface area contributed by atoms with Gasteiger partial charge in [-0.2, -0.15) is 0 Å². The molecule has 0 heterocycles. The highest BCUT2D eigenvalue weighted by Crippen LogP contribution is 2.51. The van der Waals surface area contributed by atoms with Gasteiger partial charge in [-0.3, -0.25) is 0 Å². The summed E-state index contributed by atoms with van der Waals surface area (Å²) >= 11 is 0. The Morgan fingerprint density at radius 2 is 1.58 bits per heavy atom. The summed E-state index contributed by atoms with van der Waals surface area (Å²) in [6.07, 6.45) is 0.604. The first kappa shape index (κ1) is 12.4. The number of fused-ring (bicyclic) bond motifs is 1. The quantitative estimate of drug-likeness (QED) is 0.810. The van der Waals surface area contributed by atoms with Crippen molar-refractivity contribution in [3.63, 3.8) is 0 Å². The van der Waals surface area contributed by atoms with Crippen molar-refractivity contribution in [1.29, 1.82) is 0 Å². The lowest BCUT2D eigenvalue weighted by molar-refractivity contribution is 0.0180. The molecule has 1 nitrogen and oxygen atoms in total. The van der Waals surface area contributed by atoms with E-state index < -0.39 is 6.10 Å². The summed E-state index contributed by atoms with van der Waals surface area (Å²) in [6, 6.07) is 18.8. The molecule has 0 radical (unpaired) electrons. The zero-order valence-corrected chi connectivity index (χ0v) is 11.5. The molecule has 2 aromatic rings. The third kappa shape index (κ3) is 1.98. The monoisotopic (exact) mass is 252 g/mol. The molecular formula is C18H20O. The molecule has 0 aromatic heterocycles. The van der Waals surface area contributed by atoms with Crippen LogP contribution in [0.1, 0.15) is 42.6 Å². The molecule has 2 aromatic carbocycles. The Hall–Kier alpha value is -1.60. The largest absolute Gasteiger partial charge is 0.388 e. The van der Waals surface area contributed by atoms with Gasteiger partial charge in [0, 0.05) is 5.41 Å². The molecule has 0 bridgehead atoms. The van der Waals surface area contributed by atoms with Crippen LogP contribution in [0.4, 0.5) is 0 Å². The molecule has 0 spiro atoms. The molecule has 0 fully saturated rings. The third-order valence-electron chi connectivity index (χ3n) is 4.58. The average Bonchev–Trinajstić information content (AvgIpc) is 2.44. The van der Waals surface area contributed by atoms with Crippen LogP contribution in [0.3, 0.4) is 0 Å². The van der Waals surface area contributed by atoms with E-state index in [0.717, 1.165) is 12.0 Å². The van der Waals surface area contributed by atoms with Gasteiger partial charge in [0.25, 0.3) is 0 Å². The van der Waals surface area contributed by atoms with Gasteiger partial charge in [0.1, 0.15) is 0 Å². The Balaban J connectivity index is 2.09. The zero-order chi connectivity index (χ0) is 13.5. The predicted molar refractivity (Wildman–Crippen MR) is 78.1 cm³/mol.